The van der Waals surface area contributed by atoms with E-state index in [1.54, 1.807) is 4.68 Å². The number of benzene rings is 3. The molecule has 0 spiro atoms. The fourth-order valence-electron chi connectivity index (χ4n) is 3.66. The zero-order chi connectivity index (χ0) is 22.8. The number of rotatable bonds is 4. The Morgan fingerprint density at radius 3 is 2.09 bits per heavy atom. The van der Waals surface area contributed by atoms with Crippen LogP contribution < -0.4 is 11.1 Å². The fraction of sp³-hybridized carbons (Fsp3) is 0. The highest BCUT2D eigenvalue weighted by Gasteiger charge is 2.28. The van der Waals surface area contributed by atoms with Crippen molar-refractivity contribution in [2.45, 2.75) is 0 Å². The molecule has 1 amide bonds. The van der Waals surface area contributed by atoms with Crippen molar-refractivity contribution < 1.29 is 4.79 Å². The monoisotopic (exact) mass is 450 g/mol. The number of carbonyl (C=O) groups excluding carboxylic acids is 1. The summed E-state index contributed by atoms with van der Waals surface area (Å²) >= 11 is 5.25. The number of hydrogen-bond acceptors (Lipinski definition) is 6. The molecule has 2 aliphatic rings. The molecular formula is C25H18N6OS. The number of carbonyl (C=O) groups is 1. The molecule has 5 rings (SSSR count). The Kier molecular flexibility index (Phi) is 5.34. The number of amides is 1. The largest absolute Gasteiger partial charge is 0.383 e. The maximum absolute atomic E-state index is 13.5. The lowest BCUT2D eigenvalue weighted by Crippen LogP contribution is -2.22. The van der Waals surface area contributed by atoms with Crippen LogP contribution in [0.15, 0.2) is 91.0 Å². The molecule has 3 aromatic carbocycles. The highest BCUT2D eigenvalue weighted by molar-refractivity contribution is 7.71. The third kappa shape index (κ3) is 3.95. The topological polar surface area (TPSA) is 98.7 Å². The summed E-state index contributed by atoms with van der Waals surface area (Å²) in [5.41, 5.74) is 9.74. The van der Waals surface area contributed by atoms with E-state index >= 15 is 0 Å². The lowest BCUT2D eigenvalue weighted by molar-refractivity contribution is 0.102. The molecule has 0 saturated carbocycles. The number of nitrogens with one attached hydrogen (secondary N) is 1. The Hall–Kier alpha value is -4.43. The van der Waals surface area contributed by atoms with Crippen molar-refractivity contribution in [2.24, 2.45) is 0 Å². The van der Waals surface area contributed by atoms with E-state index < -0.39 is 0 Å². The summed E-state index contributed by atoms with van der Waals surface area (Å²) in [6.07, 6.45) is 0. The first-order valence-corrected chi connectivity index (χ1v) is 10.6. The lowest BCUT2D eigenvalue weighted by Gasteiger charge is -2.21. The molecule has 0 saturated heterocycles. The highest BCUT2D eigenvalue weighted by atomic mass is 32.1. The number of anilines is 2. The standard InChI is InChI=1S/C25H18N6OS/c26-22-20-19(16-10-4-1-5-11-16)21(24(32)27-17-12-6-2-7-13-17)30-31(18-14-8-3-9-15-18)23(20)29-25(33)28-22/h1-15H,(H,27,32)(H2,26,28,33). The van der Waals surface area contributed by atoms with Crippen LogP contribution in [-0.2, 0) is 0 Å². The predicted octanol–water partition coefficient (Wildman–Crippen LogP) is 5.00. The number of fused-ring (bicyclic) bond motifs is 1. The van der Waals surface area contributed by atoms with Crippen molar-refractivity contribution in [3.8, 4) is 28.2 Å². The maximum atomic E-state index is 13.5. The molecule has 2 aliphatic heterocycles. The van der Waals surface area contributed by atoms with Crippen LogP contribution in [-0.4, -0.2) is 25.7 Å². The van der Waals surface area contributed by atoms with Crippen molar-refractivity contribution in [1.29, 1.82) is 0 Å². The SMILES string of the molecule is Nc1nc(=S)nc2n(-c3ccccc3)nc(C(=O)Nc3ccccc3)c(-c3ccccc3)c1-2. The second-order valence-electron chi connectivity index (χ2n) is 7.25. The number of aromatic nitrogens is 4. The summed E-state index contributed by atoms with van der Waals surface area (Å²) in [5, 5.41) is 7.66. The Morgan fingerprint density at radius 1 is 0.818 bits per heavy atom. The Bertz CT molecular complexity index is 1470. The number of hydrogen-bond donors (Lipinski definition) is 2. The molecule has 0 radical (unpaired) electrons. The van der Waals surface area contributed by atoms with E-state index in [-0.39, 0.29) is 22.2 Å². The molecule has 0 atom stereocenters. The van der Waals surface area contributed by atoms with Gasteiger partial charge in [-0.1, -0.05) is 66.7 Å². The van der Waals surface area contributed by atoms with Crippen LogP contribution >= 0.6 is 12.2 Å². The van der Waals surface area contributed by atoms with Gasteiger partial charge in [0.2, 0.25) is 4.77 Å². The molecule has 0 unspecified atom stereocenters. The van der Waals surface area contributed by atoms with E-state index in [0.29, 0.717) is 28.3 Å². The van der Waals surface area contributed by atoms with Gasteiger partial charge in [0.1, 0.15) is 5.82 Å². The van der Waals surface area contributed by atoms with Gasteiger partial charge in [-0.15, -0.1) is 0 Å². The van der Waals surface area contributed by atoms with Crippen molar-refractivity contribution in [2.75, 3.05) is 11.1 Å². The third-order valence-corrected chi connectivity index (χ3v) is 5.28. The molecule has 2 heterocycles. The number of nitrogens with two attached hydrogens (primary N) is 1. The van der Waals surface area contributed by atoms with E-state index in [1.807, 2.05) is 91.0 Å². The van der Waals surface area contributed by atoms with Gasteiger partial charge in [0.25, 0.3) is 5.91 Å². The van der Waals surface area contributed by atoms with E-state index in [9.17, 15) is 4.79 Å². The average Bonchev–Trinajstić information content (AvgIpc) is 2.84. The Balaban J connectivity index is 1.85. The van der Waals surface area contributed by atoms with Crippen LogP contribution in [0.2, 0.25) is 0 Å². The van der Waals surface area contributed by atoms with Crippen molar-refractivity contribution in [3.05, 3.63) is 101 Å². The van der Waals surface area contributed by atoms with E-state index in [4.69, 9.17) is 23.1 Å². The second kappa shape index (κ2) is 8.60. The molecule has 33 heavy (non-hydrogen) atoms. The number of para-hydroxylation sites is 2. The summed E-state index contributed by atoms with van der Waals surface area (Å²) in [5.74, 6) is 0.229. The Labute approximate surface area is 194 Å². The van der Waals surface area contributed by atoms with Gasteiger partial charge in [-0.05, 0) is 42.0 Å². The normalized spacial score (nSPS) is 10.8. The van der Waals surface area contributed by atoms with Crippen LogP contribution in [0.5, 0.6) is 0 Å². The summed E-state index contributed by atoms with van der Waals surface area (Å²) < 4.78 is 1.68. The zero-order valence-electron chi connectivity index (χ0n) is 17.3. The van der Waals surface area contributed by atoms with Gasteiger partial charge in [-0.2, -0.15) is 10.1 Å². The van der Waals surface area contributed by atoms with Gasteiger partial charge in [-0.3, -0.25) is 4.79 Å². The minimum Gasteiger partial charge on any atom is -0.383 e. The maximum Gasteiger partial charge on any atom is 0.276 e. The summed E-state index contributed by atoms with van der Waals surface area (Å²) in [7, 11) is 0. The number of nitrogens with zero attached hydrogens (tertiary/aromatic N) is 4. The summed E-state index contributed by atoms with van der Waals surface area (Å²) in [6, 6.07) is 28.1. The van der Waals surface area contributed by atoms with E-state index in [2.05, 4.69) is 15.3 Å². The van der Waals surface area contributed by atoms with E-state index in [0.717, 1.165) is 5.56 Å². The molecule has 0 aromatic heterocycles. The molecule has 0 bridgehead atoms. The van der Waals surface area contributed by atoms with Crippen LogP contribution in [0.25, 0.3) is 28.2 Å². The predicted molar refractivity (Wildman–Crippen MR) is 131 cm³/mol. The van der Waals surface area contributed by atoms with Crippen molar-refractivity contribution in [1.82, 2.24) is 19.7 Å². The van der Waals surface area contributed by atoms with Crippen molar-refractivity contribution in [3.63, 3.8) is 0 Å². The number of nitrogen functional groups attached to an aromatic ring is 1. The quantitative estimate of drug-likeness (QED) is 0.374. The van der Waals surface area contributed by atoms with Crippen LogP contribution in [0.4, 0.5) is 11.5 Å². The first kappa shape index (κ1) is 20.5. The smallest absolute Gasteiger partial charge is 0.276 e. The third-order valence-electron chi connectivity index (χ3n) is 5.09. The molecule has 160 valence electrons. The molecule has 7 nitrogen and oxygen atoms in total. The highest BCUT2D eigenvalue weighted by Crippen LogP contribution is 2.38. The van der Waals surface area contributed by atoms with Gasteiger partial charge in [-0.25, -0.2) is 9.67 Å². The minimum atomic E-state index is -0.381. The molecule has 8 heteroatoms. The van der Waals surface area contributed by atoms with Crippen LogP contribution in [0.1, 0.15) is 10.5 Å². The van der Waals surface area contributed by atoms with Crippen molar-refractivity contribution >= 4 is 29.6 Å². The fourth-order valence-corrected chi connectivity index (χ4v) is 3.84. The van der Waals surface area contributed by atoms with Gasteiger partial charge in [0.15, 0.2) is 11.5 Å². The average molecular weight is 451 g/mol. The Morgan fingerprint density at radius 2 is 1.42 bits per heavy atom. The molecular weight excluding hydrogens is 432 g/mol. The van der Waals surface area contributed by atoms with Gasteiger partial charge < -0.3 is 11.1 Å². The second-order valence-corrected chi connectivity index (χ2v) is 7.61. The van der Waals surface area contributed by atoms with Gasteiger partial charge >= 0.3 is 0 Å². The van der Waals surface area contributed by atoms with Gasteiger partial charge in [0, 0.05) is 11.3 Å². The van der Waals surface area contributed by atoms with Crippen LogP contribution in [0, 0.1) is 4.77 Å². The summed E-state index contributed by atoms with van der Waals surface area (Å²) in [6.45, 7) is 0. The van der Waals surface area contributed by atoms with E-state index in [1.165, 1.54) is 0 Å². The molecule has 3 aromatic rings. The molecule has 3 N–H and O–H groups in total. The minimum absolute atomic E-state index is 0.104. The zero-order valence-corrected chi connectivity index (χ0v) is 18.2. The summed E-state index contributed by atoms with van der Waals surface area (Å²) in [4.78, 5) is 22.2. The first-order chi connectivity index (χ1) is 16.1. The lowest BCUT2D eigenvalue weighted by atomic mass is 9.97. The molecule has 0 aliphatic carbocycles. The molecule has 0 fully saturated rings. The first-order valence-electron chi connectivity index (χ1n) is 10.2. The van der Waals surface area contributed by atoms with Gasteiger partial charge in [0.05, 0.1) is 11.3 Å². The van der Waals surface area contributed by atoms with Crippen LogP contribution in [0.3, 0.4) is 0 Å².